The third-order valence-corrected chi connectivity index (χ3v) is 6.42. The molecule has 1 aliphatic heterocycles. The van der Waals surface area contributed by atoms with E-state index < -0.39 is 5.41 Å². The summed E-state index contributed by atoms with van der Waals surface area (Å²) in [7, 11) is 1.59. The van der Waals surface area contributed by atoms with Gasteiger partial charge in [0.05, 0.1) is 24.2 Å². The molecule has 176 valence electrons. The Labute approximate surface area is 200 Å². The van der Waals surface area contributed by atoms with E-state index >= 15 is 0 Å². The summed E-state index contributed by atoms with van der Waals surface area (Å²) in [6.07, 6.45) is 4.61. The zero-order valence-corrected chi connectivity index (χ0v) is 19.6. The van der Waals surface area contributed by atoms with Gasteiger partial charge in [0.2, 0.25) is 0 Å². The summed E-state index contributed by atoms with van der Waals surface area (Å²) in [4.78, 5) is 17.3. The normalized spacial score (nSPS) is 15.0. The lowest BCUT2D eigenvalue weighted by Gasteiger charge is -2.35. The van der Waals surface area contributed by atoms with Crippen molar-refractivity contribution in [3.05, 3.63) is 71.7 Å². The molecule has 1 N–H and O–H groups in total. The minimum absolute atomic E-state index is 0. The number of methoxy groups -OCH3 is 1. The van der Waals surface area contributed by atoms with Crippen molar-refractivity contribution in [3.63, 3.8) is 0 Å². The summed E-state index contributed by atoms with van der Waals surface area (Å²) < 4.78 is 25.7. The van der Waals surface area contributed by atoms with Crippen molar-refractivity contribution in [3.8, 4) is 5.75 Å². The van der Waals surface area contributed by atoms with Gasteiger partial charge in [0.1, 0.15) is 18.2 Å². The van der Waals surface area contributed by atoms with Crippen LogP contribution in [0.5, 0.6) is 5.75 Å². The molecule has 33 heavy (non-hydrogen) atoms. The van der Waals surface area contributed by atoms with E-state index in [0.29, 0.717) is 30.6 Å². The molecule has 0 unspecified atom stereocenters. The lowest BCUT2D eigenvalue weighted by Crippen LogP contribution is -2.43. The molecule has 7 heteroatoms. The number of ether oxygens (including phenoxy) is 2. The van der Waals surface area contributed by atoms with Gasteiger partial charge in [-0.15, -0.1) is 12.4 Å². The highest BCUT2D eigenvalue weighted by atomic mass is 35.5. The largest absolute Gasteiger partial charge is 0.497 e. The van der Waals surface area contributed by atoms with Crippen LogP contribution in [-0.2, 0) is 22.6 Å². The van der Waals surface area contributed by atoms with Gasteiger partial charge in [-0.25, -0.2) is 4.39 Å². The van der Waals surface area contributed by atoms with E-state index in [4.69, 9.17) is 9.47 Å². The molecule has 4 rings (SSSR count). The molecule has 0 amide bonds. The van der Waals surface area contributed by atoms with Crippen LogP contribution in [0.15, 0.2) is 54.7 Å². The second-order valence-corrected chi connectivity index (χ2v) is 8.41. The lowest BCUT2D eigenvalue weighted by molar-refractivity contribution is -0.159. The number of fused-ring (bicyclic) bond motifs is 1. The summed E-state index contributed by atoms with van der Waals surface area (Å²) in [6, 6.07) is 15.2. The van der Waals surface area contributed by atoms with E-state index in [1.54, 1.807) is 7.11 Å². The first-order chi connectivity index (χ1) is 15.6. The van der Waals surface area contributed by atoms with Gasteiger partial charge in [0, 0.05) is 5.39 Å². The second-order valence-electron chi connectivity index (χ2n) is 8.41. The summed E-state index contributed by atoms with van der Waals surface area (Å²) in [5.74, 6) is 0.201. The lowest BCUT2D eigenvalue weighted by atomic mass is 9.74. The quantitative estimate of drug-likeness (QED) is 0.454. The number of pyridine rings is 1. The summed E-state index contributed by atoms with van der Waals surface area (Å²) in [5, 5.41) is 4.09. The van der Waals surface area contributed by atoms with E-state index in [1.165, 1.54) is 6.20 Å². The van der Waals surface area contributed by atoms with E-state index in [2.05, 4.69) is 10.3 Å². The number of aromatic nitrogens is 1. The molecule has 0 saturated carbocycles. The summed E-state index contributed by atoms with van der Waals surface area (Å²) in [6.45, 7) is 1.84. The van der Waals surface area contributed by atoms with Gasteiger partial charge in [-0.05, 0) is 74.5 Å². The van der Waals surface area contributed by atoms with Crippen LogP contribution in [0.2, 0.25) is 0 Å². The molecule has 0 spiro atoms. The van der Waals surface area contributed by atoms with Crippen LogP contribution in [-0.4, -0.2) is 31.2 Å². The summed E-state index contributed by atoms with van der Waals surface area (Å²) >= 11 is 0. The number of carbonyl (C=O) groups is 1. The minimum atomic E-state index is -0.531. The Morgan fingerprint density at radius 3 is 2.64 bits per heavy atom. The molecule has 1 aliphatic rings. The van der Waals surface area contributed by atoms with Crippen LogP contribution in [0.1, 0.15) is 36.8 Å². The first kappa shape index (κ1) is 24.9. The standard InChI is InChI=1S/C26H29FN2O3.ClH/c1-31-20-9-10-24-22(16-20)21(23(27)17-29-24)8-5-11-26(12-14-28-15-13-26)25(30)32-18-19-6-3-2-4-7-19;/h2-4,6-7,9-10,16-17,28H,5,8,11-15,18H2,1H3;1H. The Morgan fingerprint density at radius 1 is 1.15 bits per heavy atom. The van der Waals surface area contributed by atoms with Gasteiger partial charge in [-0.2, -0.15) is 0 Å². The first-order valence-corrected chi connectivity index (χ1v) is 11.1. The van der Waals surface area contributed by atoms with Crippen molar-refractivity contribution in [1.29, 1.82) is 0 Å². The van der Waals surface area contributed by atoms with Gasteiger partial charge in [-0.3, -0.25) is 9.78 Å². The van der Waals surface area contributed by atoms with Gasteiger partial charge in [0.25, 0.3) is 0 Å². The molecule has 0 atom stereocenters. The fraction of sp³-hybridized carbons (Fsp3) is 0.385. The number of esters is 1. The molecular formula is C26H30ClFN2O3. The van der Waals surface area contributed by atoms with Crippen molar-refractivity contribution in [2.75, 3.05) is 20.2 Å². The maximum absolute atomic E-state index is 14.7. The second kappa shape index (κ2) is 11.4. The Morgan fingerprint density at radius 2 is 1.91 bits per heavy atom. The average Bonchev–Trinajstić information content (AvgIpc) is 2.84. The highest BCUT2D eigenvalue weighted by Crippen LogP contribution is 2.37. The zero-order valence-electron chi connectivity index (χ0n) is 18.8. The van der Waals surface area contributed by atoms with E-state index in [1.807, 2.05) is 48.5 Å². The van der Waals surface area contributed by atoms with E-state index in [0.717, 1.165) is 42.4 Å². The molecule has 3 aromatic rings. The van der Waals surface area contributed by atoms with Crippen molar-refractivity contribution in [2.45, 2.75) is 38.7 Å². The number of carbonyl (C=O) groups excluding carboxylic acids is 1. The van der Waals surface area contributed by atoms with Crippen molar-refractivity contribution >= 4 is 29.3 Å². The summed E-state index contributed by atoms with van der Waals surface area (Å²) in [5.41, 5.74) is 1.80. The van der Waals surface area contributed by atoms with Crippen molar-refractivity contribution < 1.29 is 18.7 Å². The molecule has 1 fully saturated rings. The number of rotatable bonds is 8. The third-order valence-electron chi connectivity index (χ3n) is 6.42. The van der Waals surface area contributed by atoms with E-state index in [-0.39, 0.29) is 30.8 Å². The first-order valence-electron chi connectivity index (χ1n) is 11.1. The highest BCUT2D eigenvalue weighted by Gasteiger charge is 2.40. The molecule has 2 aromatic carbocycles. The molecule has 1 aromatic heterocycles. The fourth-order valence-electron chi connectivity index (χ4n) is 4.52. The molecular weight excluding hydrogens is 443 g/mol. The van der Waals surface area contributed by atoms with Crippen LogP contribution >= 0.6 is 12.4 Å². The zero-order chi connectivity index (χ0) is 22.4. The Balaban J connectivity index is 0.00000306. The number of nitrogens with one attached hydrogen (secondary N) is 1. The predicted octanol–water partition coefficient (Wildman–Crippen LogP) is 5.24. The molecule has 0 aliphatic carbocycles. The number of hydrogen-bond donors (Lipinski definition) is 1. The van der Waals surface area contributed by atoms with Crippen molar-refractivity contribution in [1.82, 2.24) is 10.3 Å². The van der Waals surface area contributed by atoms with Gasteiger partial charge < -0.3 is 14.8 Å². The number of halogens is 2. The number of hydrogen-bond acceptors (Lipinski definition) is 5. The maximum atomic E-state index is 14.7. The minimum Gasteiger partial charge on any atom is -0.497 e. The van der Waals surface area contributed by atoms with Crippen LogP contribution in [0.25, 0.3) is 10.9 Å². The van der Waals surface area contributed by atoms with Crippen LogP contribution < -0.4 is 10.1 Å². The maximum Gasteiger partial charge on any atom is 0.312 e. The van der Waals surface area contributed by atoms with Gasteiger partial charge in [-0.1, -0.05) is 30.3 Å². The Kier molecular flexibility index (Phi) is 8.64. The monoisotopic (exact) mass is 472 g/mol. The molecule has 5 nitrogen and oxygen atoms in total. The number of nitrogens with zero attached hydrogens (tertiary/aromatic N) is 1. The molecule has 1 saturated heterocycles. The van der Waals surface area contributed by atoms with Crippen LogP contribution in [0.3, 0.4) is 0 Å². The SMILES string of the molecule is COc1ccc2ncc(F)c(CCCC3(C(=O)OCc4ccccc4)CCNCC3)c2c1.Cl. The van der Waals surface area contributed by atoms with Gasteiger partial charge in [0.15, 0.2) is 0 Å². The average molecular weight is 473 g/mol. The van der Waals surface area contributed by atoms with Gasteiger partial charge >= 0.3 is 5.97 Å². The molecule has 0 radical (unpaired) electrons. The topological polar surface area (TPSA) is 60.5 Å². The highest BCUT2D eigenvalue weighted by molar-refractivity contribution is 5.85. The smallest absolute Gasteiger partial charge is 0.312 e. The van der Waals surface area contributed by atoms with Crippen molar-refractivity contribution in [2.24, 2.45) is 5.41 Å². The fourth-order valence-corrected chi connectivity index (χ4v) is 4.52. The van der Waals surface area contributed by atoms with Crippen LogP contribution in [0.4, 0.5) is 4.39 Å². The number of benzene rings is 2. The predicted molar refractivity (Wildman–Crippen MR) is 129 cm³/mol. The Bertz CT molecular complexity index is 1070. The molecule has 0 bridgehead atoms. The third kappa shape index (κ3) is 5.81. The molecule has 2 heterocycles. The number of piperidine rings is 1. The van der Waals surface area contributed by atoms with E-state index in [9.17, 15) is 9.18 Å². The Hall–Kier alpha value is -2.70. The number of aryl methyl sites for hydroxylation is 1. The van der Waals surface area contributed by atoms with Crippen LogP contribution in [0, 0.1) is 11.2 Å².